The molecular weight excluding hydrogens is 249 g/mol. The van der Waals surface area contributed by atoms with E-state index in [9.17, 15) is 4.39 Å². The number of rotatable bonds is 11. The Morgan fingerprint density at radius 1 is 1.10 bits per heavy atom. The van der Waals surface area contributed by atoms with E-state index in [0.29, 0.717) is 5.92 Å². The Kier molecular flexibility index (Phi) is 9.31. The molecule has 0 radical (unpaired) electrons. The molecule has 0 bridgehead atoms. The molecule has 0 fully saturated rings. The van der Waals surface area contributed by atoms with Crippen molar-refractivity contribution < 1.29 is 4.39 Å². The van der Waals surface area contributed by atoms with Gasteiger partial charge >= 0.3 is 0 Å². The third-order valence-corrected chi connectivity index (χ3v) is 3.81. The van der Waals surface area contributed by atoms with Crippen LogP contribution in [0.25, 0.3) is 0 Å². The van der Waals surface area contributed by atoms with E-state index >= 15 is 0 Å². The fourth-order valence-electron chi connectivity index (χ4n) is 2.66. The van der Waals surface area contributed by atoms with E-state index in [1.54, 1.807) is 6.07 Å². The second-order valence-electron chi connectivity index (χ2n) is 5.71. The second-order valence-corrected chi connectivity index (χ2v) is 5.71. The van der Waals surface area contributed by atoms with Crippen molar-refractivity contribution in [2.24, 2.45) is 5.92 Å². The Morgan fingerprint density at radius 2 is 1.90 bits per heavy atom. The summed E-state index contributed by atoms with van der Waals surface area (Å²) in [6, 6.07) is 7.05. The van der Waals surface area contributed by atoms with Crippen LogP contribution in [0.5, 0.6) is 0 Å². The minimum Gasteiger partial charge on any atom is -0.317 e. The smallest absolute Gasteiger partial charge is 0.123 e. The summed E-state index contributed by atoms with van der Waals surface area (Å²) in [7, 11) is 0. The Bertz CT molecular complexity index is 351. The van der Waals surface area contributed by atoms with Gasteiger partial charge in [-0.1, -0.05) is 58.1 Å². The predicted octanol–water partition coefficient (Wildman–Crippen LogP) is 4.95. The maximum absolute atomic E-state index is 13.2. The third kappa shape index (κ3) is 7.64. The summed E-state index contributed by atoms with van der Waals surface area (Å²) in [6.45, 7) is 6.44. The summed E-state index contributed by atoms with van der Waals surface area (Å²) in [5.74, 6) is 0.506. The van der Waals surface area contributed by atoms with Gasteiger partial charge in [-0.3, -0.25) is 0 Å². The second kappa shape index (κ2) is 10.8. The molecule has 1 aromatic carbocycles. The predicted molar refractivity (Wildman–Crippen MR) is 85.5 cm³/mol. The molecule has 2 heteroatoms. The molecule has 0 heterocycles. The Balaban J connectivity index is 2.38. The standard InChI is InChI=1S/C18H30FN/c1-3-5-6-7-8-10-17(15-20-4-2)13-16-11-9-12-18(19)14-16/h9,11-12,14,17,20H,3-8,10,13,15H2,1-2H3. The molecule has 1 atom stereocenters. The molecule has 1 aromatic rings. The Labute approximate surface area is 124 Å². The van der Waals surface area contributed by atoms with Crippen molar-refractivity contribution in [1.29, 1.82) is 0 Å². The first-order valence-electron chi connectivity index (χ1n) is 8.21. The fourth-order valence-corrected chi connectivity index (χ4v) is 2.66. The van der Waals surface area contributed by atoms with Crippen LogP contribution in [0.3, 0.4) is 0 Å². The molecule has 0 amide bonds. The Hall–Kier alpha value is -0.890. The number of halogens is 1. The SMILES string of the molecule is CCCCCCCC(CNCC)Cc1cccc(F)c1. The first-order valence-corrected chi connectivity index (χ1v) is 8.21. The van der Waals surface area contributed by atoms with Crippen LogP contribution in [0.4, 0.5) is 4.39 Å². The van der Waals surface area contributed by atoms with Gasteiger partial charge in [0.25, 0.3) is 0 Å². The Morgan fingerprint density at radius 3 is 2.60 bits per heavy atom. The summed E-state index contributed by atoms with van der Waals surface area (Å²) in [4.78, 5) is 0. The molecule has 0 saturated carbocycles. The normalized spacial score (nSPS) is 12.6. The van der Waals surface area contributed by atoms with Crippen molar-refractivity contribution in [2.75, 3.05) is 13.1 Å². The van der Waals surface area contributed by atoms with Crippen molar-refractivity contribution in [3.05, 3.63) is 35.6 Å². The zero-order valence-corrected chi connectivity index (χ0v) is 13.1. The van der Waals surface area contributed by atoms with E-state index in [1.165, 1.54) is 44.6 Å². The molecule has 0 aliphatic rings. The van der Waals surface area contributed by atoms with Gasteiger partial charge in [0, 0.05) is 0 Å². The highest BCUT2D eigenvalue weighted by Gasteiger charge is 2.09. The van der Waals surface area contributed by atoms with Gasteiger partial charge < -0.3 is 5.32 Å². The topological polar surface area (TPSA) is 12.0 Å². The van der Waals surface area contributed by atoms with Gasteiger partial charge in [-0.05, 0) is 49.5 Å². The lowest BCUT2D eigenvalue weighted by molar-refractivity contribution is 0.424. The van der Waals surface area contributed by atoms with E-state index in [-0.39, 0.29) is 5.82 Å². The molecule has 1 nitrogen and oxygen atoms in total. The molecule has 1 rings (SSSR count). The summed E-state index contributed by atoms with van der Waals surface area (Å²) in [5.41, 5.74) is 1.13. The van der Waals surface area contributed by atoms with Gasteiger partial charge in [0.05, 0.1) is 0 Å². The molecule has 0 spiro atoms. The summed E-state index contributed by atoms with van der Waals surface area (Å²) in [6.07, 6.45) is 8.85. The number of hydrogen-bond donors (Lipinski definition) is 1. The molecule has 20 heavy (non-hydrogen) atoms. The minimum absolute atomic E-state index is 0.118. The van der Waals surface area contributed by atoms with Crippen LogP contribution in [0.15, 0.2) is 24.3 Å². The van der Waals surface area contributed by atoms with Crippen molar-refractivity contribution in [1.82, 2.24) is 5.32 Å². The van der Waals surface area contributed by atoms with Crippen molar-refractivity contribution in [2.45, 2.75) is 58.8 Å². The van der Waals surface area contributed by atoms with Crippen LogP contribution >= 0.6 is 0 Å². The van der Waals surface area contributed by atoms with Crippen LogP contribution in [-0.4, -0.2) is 13.1 Å². The van der Waals surface area contributed by atoms with Gasteiger partial charge in [-0.15, -0.1) is 0 Å². The summed E-state index contributed by atoms with van der Waals surface area (Å²) >= 11 is 0. The summed E-state index contributed by atoms with van der Waals surface area (Å²) < 4.78 is 13.2. The lowest BCUT2D eigenvalue weighted by atomic mass is 9.93. The first kappa shape index (κ1) is 17.2. The average Bonchev–Trinajstić information content (AvgIpc) is 2.44. The zero-order valence-electron chi connectivity index (χ0n) is 13.1. The molecule has 114 valence electrons. The van der Waals surface area contributed by atoms with E-state index in [2.05, 4.69) is 19.2 Å². The van der Waals surface area contributed by atoms with E-state index in [1.807, 2.05) is 12.1 Å². The molecule has 0 aromatic heterocycles. The van der Waals surface area contributed by atoms with Crippen LogP contribution in [0, 0.1) is 11.7 Å². The quantitative estimate of drug-likeness (QED) is 0.565. The highest BCUT2D eigenvalue weighted by Crippen LogP contribution is 2.17. The van der Waals surface area contributed by atoms with Crippen molar-refractivity contribution >= 4 is 0 Å². The number of benzene rings is 1. The average molecular weight is 279 g/mol. The maximum atomic E-state index is 13.2. The van der Waals surface area contributed by atoms with Crippen molar-refractivity contribution in [3.8, 4) is 0 Å². The maximum Gasteiger partial charge on any atom is 0.123 e. The lowest BCUT2D eigenvalue weighted by Crippen LogP contribution is -2.24. The molecule has 1 N–H and O–H groups in total. The molecule has 0 aliphatic heterocycles. The van der Waals surface area contributed by atoms with Crippen LogP contribution < -0.4 is 5.32 Å². The van der Waals surface area contributed by atoms with Crippen LogP contribution in [0.2, 0.25) is 0 Å². The van der Waals surface area contributed by atoms with Gasteiger partial charge in [0.2, 0.25) is 0 Å². The third-order valence-electron chi connectivity index (χ3n) is 3.81. The first-order chi connectivity index (χ1) is 9.76. The largest absolute Gasteiger partial charge is 0.317 e. The van der Waals surface area contributed by atoms with Crippen molar-refractivity contribution in [3.63, 3.8) is 0 Å². The molecule has 0 aliphatic carbocycles. The van der Waals surface area contributed by atoms with E-state index in [0.717, 1.165) is 25.1 Å². The molecule has 1 unspecified atom stereocenters. The highest BCUT2D eigenvalue weighted by atomic mass is 19.1. The van der Waals surface area contributed by atoms with Gasteiger partial charge in [-0.25, -0.2) is 4.39 Å². The minimum atomic E-state index is -0.118. The monoisotopic (exact) mass is 279 g/mol. The van der Waals surface area contributed by atoms with Gasteiger partial charge in [0.15, 0.2) is 0 Å². The summed E-state index contributed by atoms with van der Waals surface area (Å²) in [5, 5.41) is 3.44. The van der Waals surface area contributed by atoms with Gasteiger partial charge in [0.1, 0.15) is 5.82 Å². The highest BCUT2D eigenvalue weighted by molar-refractivity contribution is 5.16. The number of unbranched alkanes of at least 4 members (excludes halogenated alkanes) is 4. The fraction of sp³-hybridized carbons (Fsp3) is 0.667. The number of hydrogen-bond acceptors (Lipinski definition) is 1. The van der Waals surface area contributed by atoms with E-state index < -0.39 is 0 Å². The molecular formula is C18H30FN. The lowest BCUT2D eigenvalue weighted by Gasteiger charge is -2.17. The van der Waals surface area contributed by atoms with Crippen LogP contribution in [0.1, 0.15) is 57.9 Å². The van der Waals surface area contributed by atoms with Gasteiger partial charge in [-0.2, -0.15) is 0 Å². The molecule has 0 saturated heterocycles. The van der Waals surface area contributed by atoms with E-state index in [4.69, 9.17) is 0 Å². The zero-order chi connectivity index (χ0) is 14.6. The number of nitrogens with one attached hydrogen (secondary N) is 1. The van der Waals surface area contributed by atoms with Crippen LogP contribution in [-0.2, 0) is 6.42 Å².